The maximum atomic E-state index is 13.3. The number of rotatable bonds is 5. The van der Waals surface area contributed by atoms with Crippen LogP contribution in [-0.2, 0) is 5.60 Å². The SMILES string of the molecule is CCC(N)C(O)(c1cc(OC)cc(OC)c1)C(F)(F)F. The molecule has 114 valence electrons. The van der Waals surface area contributed by atoms with Gasteiger partial charge in [-0.1, -0.05) is 6.92 Å². The summed E-state index contributed by atoms with van der Waals surface area (Å²) >= 11 is 0. The first-order chi connectivity index (χ1) is 9.20. The van der Waals surface area contributed by atoms with Crippen molar-refractivity contribution in [3.8, 4) is 11.5 Å². The molecule has 20 heavy (non-hydrogen) atoms. The standard InChI is InChI=1S/C13H18F3NO3/c1-4-11(17)12(18,13(14,15)16)8-5-9(19-2)7-10(6-8)20-3/h5-7,11,18H,4,17H2,1-3H3. The Morgan fingerprint density at radius 3 is 1.90 bits per heavy atom. The highest BCUT2D eigenvalue weighted by molar-refractivity contribution is 5.42. The van der Waals surface area contributed by atoms with Gasteiger partial charge in [-0.05, 0) is 18.6 Å². The molecule has 0 fully saturated rings. The minimum Gasteiger partial charge on any atom is -0.497 e. The molecular weight excluding hydrogens is 275 g/mol. The Labute approximate surface area is 115 Å². The molecule has 0 aliphatic rings. The maximum Gasteiger partial charge on any atom is 0.423 e. The molecule has 2 unspecified atom stereocenters. The molecular formula is C13H18F3NO3. The fraction of sp³-hybridized carbons (Fsp3) is 0.538. The summed E-state index contributed by atoms with van der Waals surface area (Å²) in [6, 6.07) is 2.12. The van der Waals surface area contributed by atoms with Crippen molar-refractivity contribution in [3.63, 3.8) is 0 Å². The lowest BCUT2D eigenvalue weighted by Gasteiger charge is -2.36. The van der Waals surface area contributed by atoms with Gasteiger partial charge in [0.05, 0.1) is 14.2 Å². The number of halogens is 3. The van der Waals surface area contributed by atoms with Crippen LogP contribution in [-0.4, -0.2) is 31.5 Å². The summed E-state index contributed by atoms with van der Waals surface area (Å²) in [6.07, 6.45) is -4.96. The molecule has 0 spiro atoms. The van der Waals surface area contributed by atoms with E-state index in [1.165, 1.54) is 27.2 Å². The average Bonchev–Trinajstić information content (AvgIpc) is 2.43. The van der Waals surface area contributed by atoms with Crippen LogP contribution < -0.4 is 15.2 Å². The summed E-state index contributed by atoms with van der Waals surface area (Å²) in [5.74, 6) is 0.288. The Kier molecular flexibility index (Phi) is 4.88. The Morgan fingerprint density at radius 1 is 1.15 bits per heavy atom. The van der Waals surface area contributed by atoms with E-state index in [0.29, 0.717) is 0 Å². The van der Waals surface area contributed by atoms with Crippen molar-refractivity contribution in [2.75, 3.05) is 14.2 Å². The number of ether oxygens (including phenoxy) is 2. The van der Waals surface area contributed by atoms with Crippen LogP contribution in [0.5, 0.6) is 11.5 Å². The molecule has 0 saturated heterocycles. The van der Waals surface area contributed by atoms with Gasteiger partial charge in [-0.2, -0.15) is 13.2 Å². The predicted octanol–water partition coefficient (Wildman–Crippen LogP) is 2.19. The minimum atomic E-state index is -4.92. The van der Waals surface area contributed by atoms with Gasteiger partial charge in [0, 0.05) is 17.7 Å². The highest BCUT2D eigenvalue weighted by Gasteiger charge is 2.58. The number of nitrogens with two attached hydrogens (primary N) is 1. The summed E-state index contributed by atoms with van der Waals surface area (Å²) in [5, 5.41) is 10.2. The first kappa shape index (κ1) is 16.6. The molecule has 1 aromatic rings. The smallest absolute Gasteiger partial charge is 0.423 e. The maximum absolute atomic E-state index is 13.3. The van der Waals surface area contributed by atoms with Gasteiger partial charge >= 0.3 is 6.18 Å². The zero-order chi connectivity index (χ0) is 15.6. The van der Waals surface area contributed by atoms with Crippen LogP contribution >= 0.6 is 0 Å². The Morgan fingerprint density at radius 2 is 1.60 bits per heavy atom. The Hall–Kier alpha value is -1.47. The third-order valence-electron chi connectivity index (χ3n) is 3.20. The molecule has 2 atom stereocenters. The molecule has 1 rings (SSSR count). The highest BCUT2D eigenvalue weighted by Crippen LogP contribution is 2.43. The van der Waals surface area contributed by atoms with Crippen molar-refractivity contribution in [3.05, 3.63) is 23.8 Å². The monoisotopic (exact) mass is 293 g/mol. The lowest BCUT2D eigenvalue weighted by molar-refractivity contribution is -0.274. The molecule has 0 radical (unpaired) electrons. The van der Waals surface area contributed by atoms with Gasteiger partial charge in [-0.15, -0.1) is 0 Å². The largest absolute Gasteiger partial charge is 0.497 e. The lowest BCUT2D eigenvalue weighted by atomic mass is 9.84. The van der Waals surface area contributed by atoms with E-state index in [1.807, 2.05) is 0 Å². The van der Waals surface area contributed by atoms with E-state index >= 15 is 0 Å². The summed E-state index contributed by atoms with van der Waals surface area (Å²) in [4.78, 5) is 0. The van der Waals surface area contributed by atoms with Crippen LogP contribution in [0.25, 0.3) is 0 Å². The zero-order valence-corrected chi connectivity index (χ0v) is 11.5. The Bertz CT molecular complexity index is 442. The summed E-state index contributed by atoms with van der Waals surface area (Å²) < 4.78 is 49.7. The first-order valence-corrected chi connectivity index (χ1v) is 5.98. The number of alkyl halides is 3. The van der Waals surface area contributed by atoms with Gasteiger partial charge in [-0.25, -0.2) is 0 Å². The minimum absolute atomic E-state index is 0.0461. The van der Waals surface area contributed by atoms with E-state index in [0.717, 1.165) is 12.1 Å². The predicted molar refractivity (Wildman–Crippen MR) is 67.8 cm³/mol. The molecule has 7 heteroatoms. The molecule has 0 heterocycles. The van der Waals surface area contributed by atoms with Crippen LogP contribution in [0.3, 0.4) is 0 Å². The molecule has 0 aliphatic carbocycles. The van der Waals surface area contributed by atoms with Crippen LogP contribution in [0.4, 0.5) is 13.2 Å². The second kappa shape index (κ2) is 5.88. The van der Waals surface area contributed by atoms with Crippen molar-refractivity contribution >= 4 is 0 Å². The van der Waals surface area contributed by atoms with Gasteiger partial charge in [0.1, 0.15) is 11.5 Å². The van der Waals surface area contributed by atoms with Crippen LogP contribution in [0.1, 0.15) is 18.9 Å². The molecule has 0 aliphatic heterocycles. The van der Waals surface area contributed by atoms with E-state index in [2.05, 4.69) is 0 Å². The molecule has 0 saturated carbocycles. The molecule has 0 amide bonds. The molecule has 4 nitrogen and oxygen atoms in total. The van der Waals surface area contributed by atoms with E-state index < -0.39 is 23.4 Å². The first-order valence-electron chi connectivity index (χ1n) is 5.98. The second-order valence-electron chi connectivity index (χ2n) is 4.38. The average molecular weight is 293 g/mol. The quantitative estimate of drug-likeness (QED) is 0.873. The van der Waals surface area contributed by atoms with Crippen molar-refractivity contribution in [2.45, 2.75) is 31.2 Å². The van der Waals surface area contributed by atoms with Gasteiger partial charge in [0.25, 0.3) is 0 Å². The van der Waals surface area contributed by atoms with E-state index in [4.69, 9.17) is 15.2 Å². The zero-order valence-electron chi connectivity index (χ0n) is 11.5. The topological polar surface area (TPSA) is 64.7 Å². The van der Waals surface area contributed by atoms with Gasteiger partial charge in [0.2, 0.25) is 5.60 Å². The number of hydrogen-bond acceptors (Lipinski definition) is 4. The fourth-order valence-electron chi connectivity index (χ4n) is 1.91. The summed E-state index contributed by atoms with van der Waals surface area (Å²) in [5.41, 5.74) is 1.93. The van der Waals surface area contributed by atoms with Crippen LogP contribution in [0, 0.1) is 0 Å². The number of hydrogen-bond donors (Lipinski definition) is 2. The third kappa shape index (κ3) is 2.83. The normalized spacial score (nSPS) is 16.4. The lowest BCUT2D eigenvalue weighted by Crippen LogP contribution is -2.55. The Balaban J connectivity index is 3.49. The number of aliphatic hydroxyl groups is 1. The fourth-order valence-corrected chi connectivity index (χ4v) is 1.91. The highest BCUT2D eigenvalue weighted by atomic mass is 19.4. The van der Waals surface area contributed by atoms with Crippen molar-refractivity contribution in [1.29, 1.82) is 0 Å². The molecule has 0 bridgehead atoms. The van der Waals surface area contributed by atoms with Gasteiger partial charge in [0.15, 0.2) is 0 Å². The van der Waals surface area contributed by atoms with Crippen LogP contribution in [0.2, 0.25) is 0 Å². The summed E-state index contributed by atoms with van der Waals surface area (Å²) in [7, 11) is 2.62. The van der Waals surface area contributed by atoms with E-state index in [-0.39, 0.29) is 17.9 Å². The van der Waals surface area contributed by atoms with Gasteiger partial charge in [-0.3, -0.25) is 0 Å². The molecule has 1 aromatic carbocycles. The van der Waals surface area contributed by atoms with Crippen molar-refractivity contribution < 1.29 is 27.8 Å². The summed E-state index contributed by atoms with van der Waals surface area (Å²) in [6.45, 7) is 1.47. The number of benzene rings is 1. The van der Waals surface area contributed by atoms with E-state index in [1.54, 1.807) is 0 Å². The van der Waals surface area contributed by atoms with E-state index in [9.17, 15) is 18.3 Å². The van der Waals surface area contributed by atoms with Crippen LogP contribution in [0.15, 0.2) is 18.2 Å². The second-order valence-corrected chi connectivity index (χ2v) is 4.38. The van der Waals surface area contributed by atoms with Gasteiger partial charge < -0.3 is 20.3 Å². The number of methoxy groups -OCH3 is 2. The molecule has 0 aromatic heterocycles. The third-order valence-corrected chi connectivity index (χ3v) is 3.20. The van der Waals surface area contributed by atoms with Crippen molar-refractivity contribution in [2.24, 2.45) is 5.73 Å². The molecule has 3 N–H and O–H groups in total. The van der Waals surface area contributed by atoms with Crippen molar-refractivity contribution in [1.82, 2.24) is 0 Å².